The Morgan fingerprint density at radius 2 is 1.90 bits per heavy atom. The molecule has 0 aliphatic heterocycles. The van der Waals surface area contributed by atoms with Crippen LogP contribution in [0.1, 0.15) is 22.8 Å². The van der Waals surface area contributed by atoms with Crippen molar-refractivity contribution in [3.63, 3.8) is 0 Å². The number of nitrogens with zero attached hydrogens (tertiary/aromatic N) is 1. The van der Waals surface area contributed by atoms with Gasteiger partial charge in [-0.25, -0.2) is 4.98 Å². The zero-order valence-corrected chi connectivity index (χ0v) is 20.2. The number of benzene rings is 3. The molecule has 7 heteroatoms. The van der Waals surface area contributed by atoms with Gasteiger partial charge in [-0.15, -0.1) is 0 Å². The first-order valence-corrected chi connectivity index (χ1v) is 12.8. The van der Waals surface area contributed by atoms with E-state index in [0.717, 1.165) is 16.0 Å². The molecule has 4 rings (SSSR count). The van der Waals surface area contributed by atoms with E-state index in [1.165, 1.54) is 24.0 Å². The summed E-state index contributed by atoms with van der Waals surface area (Å²) in [5.41, 5.74) is 2.72. The van der Waals surface area contributed by atoms with Crippen molar-refractivity contribution in [3.05, 3.63) is 85.0 Å². The molecule has 3 aromatic carbocycles. The largest absolute Gasteiger partial charge is 0.468 e. The summed E-state index contributed by atoms with van der Waals surface area (Å²) in [6.45, 7) is 4.83. The quantitative estimate of drug-likeness (QED) is 0.210. The van der Waals surface area contributed by atoms with E-state index >= 15 is 0 Å². The molecule has 0 unspecified atom stereocenters. The van der Waals surface area contributed by atoms with Crippen LogP contribution < -0.4 is 31.3 Å². The summed E-state index contributed by atoms with van der Waals surface area (Å²) in [5, 5.41) is 3.50. The molecule has 1 amide bonds. The second kappa shape index (κ2) is 10.2. The highest BCUT2D eigenvalue weighted by Gasteiger charge is 2.18. The predicted octanol–water partition coefficient (Wildman–Crippen LogP) is 2.36. The summed E-state index contributed by atoms with van der Waals surface area (Å²) in [4.78, 5) is 17.3. The van der Waals surface area contributed by atoms with Crippen molar-refractivity contribution >= 4 is 32.6 Å². The lowest BCUT2D eigenvalue weighted by Gasteiger charge is -2.04. The molecule has 4 aromatic rings. The van der Waals surface area contributed by atoms with Gasteiger partial charge in [0.1, 0.15) is 5.75 Å². The number of halogens is 1. The second-order valence-corrected chi connectivity index (χ2v) is 10.8. The number of carbonyl (C=O) groups excluding carboxylic acids is 1. The van der Waals surface area contributed by atoms with Crippen molar-refractivity contribution in [2.75, 3.05) is 18.7 Å². The van der Waals surface area contributed by atoms with E-state index < -0.39 is 0 Å². The van der Waals surface area contributed by atoms with Gasteiger partial charge in [-0.3, -0.25) is 10.1 Å². The second-order valence-electron chi connectivity index (χ2n) is 6.76. The van der Waals surface area contributed by atoms with E-state index in [0.29, 0.717) is 17.3 Å². The van der Waals surface area contributed by atoms with Gasteiger partial charge in [-0.05, 0) is 56.3 Å². The zero-order valence-electron chi connectivity index (χ0n) is 17.2. The Morgan fingerprint density at radius 1 is 1.06 bits per heavy atom. The molecule has 0 atom stereocenters. The van der Waals surface area contributed by atoms with Crippen LogP contribution in [0.4, 0.5) is 5.13 Å². The summed E-state index contributed by atoms with van der Waals surface area (Å²) < 4.78 is 14.3. The van der Waals surface area contributed by atoms with Crippen LogP contribution >= 0.6 is 11.3 Å². The van der Waals surface area contributed by atoms with Crippen LogP contribution in [0.15, 0.2) is 66.7 Å². The molecule has 0 bridgehead atoms. The zero-order chi connectivity index (χ0) is 21.6. The molecule has 1 aromatic heterocycles. The van der Waals surface area contributed by atoms with Gasteiger partial charge in [0.25, 0.3) is 5.91 Å². The van der Waals surface area contributed by atoms with Gasteiger partial charge in [0, 0.05) is 18.2 Å². The maximum Gasteiger partial charge on any atom is 0.357 e. The topological polar surface area (TPSA) is 60.5 Å². The highest BCUT2D eigenvalue weighted by molar-refractivity contribution is 7.22. The Hall–Kier alpha value is -2.49. The van der Waals surface area contributed by atoms with E-state index in [2.05, 4.69) is 47.6 Å². The number of rotatable bonds is 8. The summed E-state index contributed by atoms with van der Waals surface area (Å²) in [6.07, 6.45) is 0. The van der Waals surface area contributed by atoms with Crippen molar-refractivity contribution in [2.45, 2.75) is 13.8 Å². The summed E-state index contributed by atoms with van der Waals surface area (Å²) in [6, 6.07) is 22.1. The molecular weight excluding hydrogens is 523 g/mol. The number of nitrogens with one attached hydrogen (secondary N) is 1. The van der Waals surface area contributed by atoms with Crippen LogP contribution in [0.3, 0.4) is 0 Å². The smallest absolute Gasteiger partial charge is 0.357 e. The molecule has 0 aliphatic rings. The normalized spacial score (nSPS) is 10.9. The number of carbonyl (C=O) groups is 1. The predicted molar refractivity (Wildman–Crippen MR) is 120 cm³/mol. The molecule has 5 nitrogen and oxygen atoms in total. The Kier molecular flexibility index (Phi) is 7.16. The fourth-order valence-electron chi connectivity index (χ4n) is 2.82. The number of aryl methyl sites for hydroxylation is 1. The minimum Gasteiger partial charge on any atom is -0.468 e. The Balaban J connectivity index is 1.45. The third-order valence-electron chi connectivity index (χ3n) is 4.41. The fourth-order valence-corrected chi connectivity index (χ4v) is 6.03. The monoisotopic (exact) mass is 545 g/mol. The van der Waals surface area contributed by atoms with Gasteiger partial charge >= 0.3 is 21.2 Å². The molecule has 158 valence electrons. The van der Waals surface area contributed by atoms with Gasteiger partial charge in [-0.1, -0.05) is 35.1 Å². The molecule has 0 saturated carbocycles. The van der Waals surface area contributed by atoms with E-state index in [-0.39, 0.29) is 33.9 Å². The number of hydrogen-bond acceptors (Lipinski definition) is 5. The number of thiazole rings is 1. The Labute approximate surface area is 195 Å². The first kappa shape index (κ1) is 21.7. The van der Waals surface area contributed by atoms with E-state index in [1.54, 1.807) is 0 Å². The first-order chi connectivity index (χ1) is 15.1. The number of aromatic nitrogens is 1. The molecule has 0 spiro atoms. The van der Waals surface area contributed by atoms with Crippen LogP contribution in [0.25, 0.3) is 10.2 Å². The van der Waals surface area contributed by atoms with E-state index in [9.17, 15) is 4.79 Å². The summed E-state index contributed by atoms with van der Waals surface area (Å²) in [7, 11) is 0. The van der Waals surface area contributed by atoms with Gasteiger partial charge in [0.15, 0.2) is 19.1 Å². The highest BCUT2D eigenvalue weighted by Crippen LogP contribution is 2.29. The lowest BCUT2D eigenvalue weighted by molar-refractivity contribution is -0.597. The van der Waals surface area contributed by atoms with Crippen molar-refractivity contribution in [1.29, 1.82) is 0 Å². The van der Waals surface area contributed by atoms with Crippen LogP contribution in [-0.4, -0.2) is 24.3 Å². The van der Waals surface area contributed by atoms with Crippen LogP contribution in [0, 0.1) is 14.1 Å². The molecule has 0 fully saturated rings. The van der Waals surface area contributed by atoms with Gasteiger partial charge in [0.2, 0.25) is 0 Å². The minimum atomic E-state index is -0.331. The van der Waals surface area contributed by atoms with Crippen molar-refractivity contribution in [1.82, 2.24) is 4.98 Å². The summed E-state index contributed by atoms with van der Waals surface area (Å²) >= 11 is 1.09. The summed E-state index contributed by atoms with van der Waals surface area (Å²) in [5.74, 6) is 0.567. The number of fused-ring (bicyclic) bond motifs is 1. The first-order valence-electron chi connectivity index (χ1n) is 9.85. The maximum absolute atomic E-state index is 12.8. The molecular formula is C24H22IN2O3S+. The molecule has 0 aliphatic carbocycles. The van der Waals surface area contributed by atoms with Crippen LogP contribution in [0.5, 0.6) is 5.75 Å². The minimum absolute atomic E-state index is 0.151. The Morgan fingerprint density at radius 3 is 2.71 bits per heavy atom. The molecule has 31 heavy (non-hydrogen) atoms. The third-order valence-corrected chi connectivity index (χ3v) is 7.98. The number of amides is 1. The Bertz CT molecular complexity index is 1190. The highest BCUT2D eigenvalue weighted by atomic mass is 127. The van der Waals surface area contributed by atoms with E-state index in [1.807, 2.05) is 43.3 Å². The van der Waals surface area contributed by atoms with Crippen molar-refractivity contribution in [2.24, 2.45) is 0 Å². The number of hydrogen-bond donors (Lipinski definition) is 1. The van der Waals surface area contributed by atoms with Crippen molar-refractivity contribution in [3.8, 4) is 5.75 Å². The molecule has 0 radical (unpaired) electrons. The molecule has 1 N–H and O–H groups in total. The average Bonchev–Trinajstić information content (AvgIpc) is 3.17. The van der Waals surface area contributed by atoms with E-state index in [4.69, 9.17) is 9.47 Å². The SMILES string of the molecule is CCOCOc1ccc2nc(NC(=O)c3cccc([I+]c4ccc(C)cc4)c3)sc2c1. The van der Waals surface area contributed by atoms with Crippen LogP contribution in [-0.2, 0) is 4.74 Å². The number of anilines is 1. The lowest BCUT2D eigenvalue weighted by atomic mass is 10.2. The van der Waals surface area contributed by atoms with Crippen molar-refractivity contribution < 1.29 is 35.5 Å². The van der Waals surface area contributed by atoms with Gasteiger partial charge < -0.3 is 9.47 Å². The standard InChI is InChI=1S/C24H21IN2O3S/c1-3-29-15-30-20-11-12-21-22(14-20)31-24(26-21)27-23(28)17-5-4-6-19(13-17)25-18-9-7-16(2)8-10-18/h4-14H,3,15H2,1-2H3/p+1. The molecule has 1 heterocycles. The lowest BCUT2D eigenvalue weighted by Crippen LogP contribution is -3.61. The number of ether oxygens (including phenoxy) is 2. The van der Waals surface area contributed by atoms with Crippen LogP contribution in [0.2, 0.25) is 0 Å². The molecule has 0 saturated heterocycles. The average molecular weight is 545 g/mol. The maximum atomic E-state index is 12.8. The third kappa shape index (κ3) is 5.81. The van der Waals surface area contributed by atoms with Gasteiger partial charge in [0.05, 0.1) is 10.2 Å². The fraction of sp³-hybridized carbons (Fsp3) is 0.167. The van der Waals surface area contributed by atoms with Gasteiger partial charge in [-0.2, -0.15) is 0 Å².